The molecule has 1 aliphatic rings. The molecule has 0 unspecified atom stereocenters. The Bertz CT molecular complexity index is 814. The average Bonchev–Trinajstić information content (AvgIpc) is 3.08. The van der Waals surface area contributed by atoms with Gasteiger partial charge < -0.3 is 15.1 Å². The number of guanidine groups is 1. The molecule has 27 heavy (non-hydrogen) atoms. The molecule has 6 nitrogen and oxygen atoms in total. The first-order valence-electron chi connectivity index (χ1n) is 8.94. The van der Waals surface area contributed by atoms with E-state index in [4.69, 9.17) is 11.6 Å². The van der Waals surface area contributed by atoms with E-state index < -0.39 is 0 Å². The molecule has 1 N–H and O–H groups in total. The van der Waals surface area contributed by atoms with Gasteiger partial charge in [0.1, 0.15) is 5.01 Å². The van der Waals surface area contributed by atoms with Crippen LogP contribution in [0.25, 0.3) is 0 Å². The molecule has 144 valence electrons. The lowest BCUT2D eigenvalue weighted by molar-refractivity contribution is -0.131. The van der Waals surface area contributed by atoms with Gasteiger partial charge in [-0.05, 0) is 24.6 Å². The predicted molar refractivity (Wildman–Crippen MR) is 110 cm³/mol. The molecule has 0 atom stereocenters. The quantitative estimate of drug-likeness (QED) is 0.627. The van der Waals surface area contributed by atoms with Crippen molar-refractivity contribution in [2.24, 2.45) is 4.99 Å². The van der Waals surface area contributed by atoms with Gasteiger partial charge in [-0.3, -0.25) is 9.79 Å². The van der Waals surface area contributed by atoms with Crippen LogP contribution in [0, 0.1) is 6.92 Å². The third-order valence-electron chi connectivity index (χ3n) is 4.45. The molecule has 1 fully saturated rings. The molecule has 0 radical (unpaired) electrons. The Morgan fingerprint density at radius 1 is 1.30 bits per heavy atom. The predicted octanol–water partition coefficient (Wildman–Crippen LogP) is 2.57. The number of hydrogen-bond acceptors (Lipinski definition) is 4. The van der Waals surface area contributed by atoms with E-state index in [1.54, 1.807) is 18.4 Å². The summed E-state index contributed by atoms with van der Waals surface area (Å²) in [6.45, 7) is 5.62. The van der Waals surface area contributed by atoms with Gasteiger partial charge in [0.15, 0.2) is 5.96 Å². The molecule has 0 spiro atoms. The maximum absolute atomic E-state index is 12.5. The number of carbonyl (C=O) groups is 1. The van der Waals surface area contributed by atoms with Crippen LogP contribution in [0.5, 0.6) is 0 Å². The van der Waals surface area contributed by atoms with Crippen molar-refractivity contribution in [3.8, 4) is 0 Å². The molecule has 2 heterocycles. The highest BCUT2D eigenvalue weighted by Crippen LogP contribution is 2.13. The monoisotopic (exact) mass is 405 g/mol. The number of aliphatic imine (C=N–C) groups is 1. The van der Waals surface area contributed by atoms with Crippen LogP contribution >= 0.6 is 22.9 Å². The second kappa shape index (κ2) is 9.19. The molecule has 1 aromatic carbocycles. The number of amides is 1. The van der Waals surface area contributed by atoms with Crippen LogP contribution in [0.4, 0.5) is 0 Å². The summed E-state index contributed by atoms with van der Waals surface area (Å²) < 4.78 is 0. The lowest BCUT2D eigenvalue weighted by Crippen LogP contribution is -2.53. The van der Waals surface area contributed by atoms with Crippen molar-refractivity contribution in [1.29, 1.82) is 0 Å². The van der Waals surface area contributed by atoms with E-state index in [0.717, 1.165) is 29.6 Å². The first kappa shape index (κ1) is 19.6. The van der Waals surface area contributed by atoms with Crippen LogP contribution in [0.15, 0.2) is 35.5 Å². The minimum atomic E-state index is 0.137. The normalized spacial score (nSPS) is 15.1. The first-order chi connectivity index (χ1) is 13.0. The van der Waals surface area contributed by atoms with Crippen molar-refractivity contribution in [2.75, 3.05) is 33.2 Å². The van der Waals surface area contributed by atoms with E-state index in [2.05, 4.69) is 27.1 Å². The summed E-state index contributed by atoms with van der Waals surface area (Å²) in [5.74, 6) is 0.989. The van der Waals surface area contributed by atoms with Crippen molar-refractivity contribution in [3.63, 3.8) is 0 Å². The number of aryl methyl sites for hydroxylation is 1. The number of piperazine rings is 1. The smallest absolute Gasteiger partial charge is 0.227 e. The zero-order valence-electron chi connectivity index (χ0n) is 15.6. The third-order valence-corrected chi connectivity index (χ3v) is 5.60. The molecule has 0 bridgehead atoms. The van der Waals surface area contributed by atoms with Crippen molar-refractivity contribution in [1.82, 2.24) is 20.1 Å². The zero-order valence-corrected chi connectivity index (χ0v) is 17.2. The Morgan fingerprint density at radius 2 is 2.04 bits per heavy atom. The summed E-state index contributed by atoms with van der Waals surface area (Å²) in [4.78, 5) is 26.6. The van der Waals surface area contributed by atoms with Gasteiger partial charge in [0.05, 0.1) is 13.0 Å². The fraction of sp³-hybridized carbons (Fsp3) is 0.421. The second-order valence-corrected chi connectivity index (χ2v) is 8.20. The topological polar surface area (TPSA) is 60.8 Å². The number of carbonyl (C=O) groups excluding carboxylic acids is 1. The third kappa shape index (κ3) is 5.43. The van der Waals surface area contributed by atoms with Gasteiger partial charge in [-0.1, -0.05) is 23.7 Å². The van der Waals surface area contributed by atoms with E-state index in [1.165, 1.54) is 4.88 Å². The minimum absolute atomic E-state index is 0.137. The number of aromatic nitrogens is 1. The molecule has 1 amide bonds. The average molecular weight is 406 g/mol. The molecule has 3 rings (SSSR count). The molecule has 1 aromatic heterocycles. The standard InChI is InChI=1S/C19H24ClN5OS/c1-14-12-22-17(27-14)13-23-19(21-2)25-8-6-24(7-9-25)18(26)11-15-4-3-5-16(20)10-15/h3-5,10,12H,6-9,11,13H2,1-2H3,(H,21,23). The SMILES string of the molecule is CN=C(NCc1ncc(C)s1)N1CCN(C(=O)Cc2cccc(Cl)c2)CC1. The molecule has 0 saturated carbocycles. The highest BCUT2D eigenvalue weighted by Gasteiger charge is 2.23. The van der Waals surface area contributed by atoms with Crippen LogP contribution in [-0.4, -0.2) is 59.9 Å². The van der Waals surface area contributed by atoms with Crippen LogP contribution in [-0.2, 0) is 17.8 Å². The van der Waals surface area contributed by atoms with Crippen molar-refractivity contribution >= 4 is 34.8 Å². The second-order valence-electron chi connectivity index (χ2n) is 6.44. The Balaban J connectivity index is 1.49. The fourth-order valence-corrected chi connectivity index (χ4v) is 4.01. The summed E-state index contributed by atoms with van der Waals surface area (Å²) in [5.41, 5.74) is 0.950. The Hall–Kier alpha value is -2.12. The fourth-order valence-electron chi connectivity index (χ4n) is 3.07. The van der Waals surface area contributed by atoms with Crippen LogP contribution < -0.4 is 5.32 Å². The van der Waals surface area contributed by atoms with Crippen molar-refractivity contribution in [2.45, 2.75) is 19.9 Å². The Morgan fingerprint density at radius 3 is 2.67 bits per heavy atom. The zero-order chi connectivity index (χ0) is 19.2. The lowest BCUT2D eigenvalue weighted by atomic mass is 10.1. The van der Waals surface area contributed by atoms with Gasteiger partial charge in [0.2, 0.25) is 5.91 Å². The number of thiazole rings is 1. The maximum Gasteiger partial charge on any atom is 0.227 e. The van der Waals surface area contributed by atoms with Gasteiger partial charge in [0, 0.05) is 49.3 Å². The van der Waals surface area contributed by atoms with Crippen molar-refractivity contribution in [3.05, 3.63) is 50.9 Å². The molecular formula is C19H24ClN5OS. The minimum Gasteiger partial charge on any atom is -0.350 e. The summed E-state index contributed by atoms with van der Waals surface area (Å²) >= 11 is 7.69. The van der Waals surface area contributed by atoms with Gasteiger partial charge in [-0.2, -0.15) is 0 Å². The summed E-state index contributed by atoms with van der Waals surface area (Å²) in [6.07, 6.45) is 2.27. The van der Waals surface area contributed by atoms with Crippen molar-refractivity contribution < 1.29 is 4.79 Å². The summed E-state index contributed by atoms with van der Waals surface area (Å²) in [6, 6.07) is 7.48. The number of nitrogens with one attached hydrogen (secondary N) is 1. The van der Waals surface area contributed by atoms with Gasteiger partial charge in [0.25, 0.3) is 0 Å². The first-order valence-corrected chi connectivity index (χ1v) is 10.1. The van der Waals surface area contributed by atoms with Crippen LogP contribution in [0.2, 0.25) is 5.02 Å². The van der Waals surface area contributed by atoms with Gasteiger partial charge in [-0.25, -0.2) is 4.98 Å². The number of benzene rings is 1. The van der Waals surface area contributed by atoms with Gasteiger partial charge in [-0.15, -0.1) is 11.3 Å². The summed E-state index contributed by atoms with van der Waals surface area (Å²) in [7, 11) is 1.78. The van der Waals surface area contributed by atoms with E-state index >= 15 is 0 Å². The molecular weight excluding hydrogens is 382 g/mol. The molecule has 1 saturated heterocycles. The van der Waals surface area contributed by atoms with E-state index in [0.29, 0.717) is 31.1 Å². The molecule has 0 aliphatic carbocycles. The van der Waals surface area contributed by atoms with E-state index in [9.17, 15) is 4.79 Å². The highest BCUT2D eigenvalue weighted by atomic mass is 35.5. The Labute approximate surface area is 168 Å². The van der Waals surface area contributed by atoms with Gasteiger partial charge >= 0.3 is 0 Å². The lowest BCUT2D eigenvalue weighted by Gasteiger charge is -2.36. The number of rotatable bonds is 4. The number of halogens is 1. The number of nitrogens with zero attached hydrogens (tertiary/aromatic N) is 4. The highest BCUT2D eigenvalue weighted by molar-refractivity contribution is 7.11. The maximum atomic E-state index is 12.5. The number of hydrogen-bond donors (Lipinski definition) is 1. The molecule has 2 aromatic rings. The molecule has 8 heteroatoms. The van der Waals surface area contributed by atoms with E-state index in [-0.39, 0.29) is 5.91 Å². The van der Waals surface area contributed by atoms with Crippen LogP contribution in [0.1, 0.15) is 15.4 Å². The summed E-state index contributed by atoms with van der Waals surface area (Å²) in [5, 5.41) is 5.07. The largest absolute Gasteiger partial charge is 0.350 e. The Kier molecular flexibility index (Phi) is 6.68. The van der Waals surface area contributed by atoms with Crippen LogP contribution in [0.3, 0.4) is 0 Å². The molecule has 1 aliphatic heterocycles. The van der Waals surface area contributed by atoms with E-state index in [1.807, 2.05) is 35.4 Å².